The Morgan fingerprint density at radius 2 is 2.14 bits per heavy atom. The molecule has 1 aromatic rings. The van der Waals surface area contributed by atoms with Crippen molar-refractivity contribution in [3.63, 3.8) is 0 Å². The van der Waals surface area contributed by atoms with Gasteiger partial charge in [-0.1, -0.05) is 0 Å². The van der Waals surface area contributed by atoms with Crippen LogP contribution in [0, 0.1) is 0 Å². The number of carbonyl (C=O) groups is 2. The molecule has 2 amide bonds. The second-order valence-electron chi connectivity index (χ2n) is 5.62. The molecule has 2 rings (SSSR count). The van der Waals surface area contributed by atoms with E-state index in [1.54, 1.807) is 17.2 Å². The molecular weight excluding hydrogens is 268 g/mol. The molecule has 1 fully saturated rings. The molecule has 1 atom stereocenters. The minimum absolute atomic E-state index is 0.0706. The zero-order valence-corrected chi connectivity index (χ0v) is 12.6. The summed E-state index contributed by atoms with van der Waals surface area (Å²) in [5.41, 5.74) is 5.84. The van der Waals surface area contributed by atoms with E-state index in [1.165, 1.54) is 0 Å². The maximum Gasteiger partial charge on any atom is 0.255 e. The highest BCUT2D eigenvalue weighted by Gasteiger charge is 2.28. The van der Waals surface area contributed by atoms with Crippen LogP contribution in [0.5, 0.6) is 0 Å². The molecule has 114 valence electrons. The molecule has 6 heteroatoms. The first-order valence-corrected chi connectivity index (χ1v) is 7.21. The number of aromatic nitrogens is 1. The highest BCUT2D eigenvalue weighted by molar-refractivity contribution is 5.94. The van der Waals surface area contributed by atoms with E-state index in [2.05, 4.69) is 4.98 Å². The third kappa shape index (κ3) is 3.71. The molecule has 1 aliphatic heterocycles. The fraction of sp³-hybridized carbons (Fsp3) is 0.533. The van der Waals surface area contributed by atoms with E-state index in [0.717, 1.165) is 25.1 Å². The van der Waals surface area contributed by atoms with Crippen molar-refractivity contribution in [2.45, 2.75) is 31.7 Å². The SMILES string of the molecule is CN(C)c1ccc(C(=O)N2CCCC[C@@H]2CC(N)=O)cn1. The first-order valence-electron chi connectivity index (χ1n) is 7.21. The van der Waals surface area contributed by atoms with Gasteiger partial charge in [0.05, 0.1) is 5.56 Å². The number of amides is 2. The fourth-order valence-electron chi connectivity index (χ4n) is 2.66. The smallest absolute Gasteiger partial charge is 0.255 e. The molecule has 1 aliphatic rings. The molecular formula is C15H22N4O2. The van der Waals surface area contributed by atoms with Crippen LogP contribution >= 0.6 is 0 Å². The molecule has 2 heterocycles. The molecule has 0 saturated carbocycles. The molecule has 2 N–H and O–H groups in total. The van der Waals surface area contributed by atoms with Crippen LogP contribution in [-0.4, -0.2) is 48.4 Å². The van der Waals surface area contributed by atoms with Gasteiger partial charge in [0.2, 0.25) is 5.91 Å². The number of anilines is 1. The predicted octanol–water partition coefficient (Wildman–Crippen LogP) is 1.02. The lowest BCUT2D eigenvalue weighted by Crippen LogP contribution is -2.45. The van der Waals surface area contributed by atoms with Crippen LogP contribution in [0.25, 0.3) is 0 Å². The summed E-state index contributed by atoms with van der Waals surface area (Å²) in [7, 11) is 3.80. The average Bonchev–Trinajstić information content (AvgIpc) is 2.46. The van der Waals surface area contributed by atoms with Crippen LogP contribution in [0.4, 0.5) is 5.82 Å². The van der Waals surface area contributed by atoms with Gasteiger partial charge >= 0.3 is 0 Å². The molecule has 0 bridgehead atoms. The van der Waals surface area contributed by atoms with Crippen molar-refractivity contribution in [1.29, 1.82) is 0 Å². The molecule has 0 spiro atoms. The highest BCUT2D eigenvalue weighted by Crippen LogP contribution is 2.22. The van der Waals surface area contributed by atoms with Crippen LogP contribution in [0.3, 0.4) is 0 Å². The van der Waals surface area contributed by atoms with Gasteiger partial charge in [-0.15, -0.1) is 0 Å². The minimum Gasteiger partial charge on any atom is -0.370 e. The van der Waals surface area contributed by atoms with Crippen molar-refractivity contribution in [2.75, 3.05) is 25.5 Å². The van der Waals surface area contributed by atoms with E-state index in [4.69, 9.17) is 5.73 Å². The Hall–Kier alpha value is -2.11. The van der Waals surface area contributed by atoms with Crippen LogP contribution in [0.2, 0.25) is 0 Å². The number of nitrogens with two attached hydrogens (primary N) is 1. The molecule has 0 radical (unpaired) electrons. The number of piperidine rings is 1. The van der Waals surface area contributed by atoms with Crippen molar-refractivity contribution >= 4 is 17.6 Å². The summed E-state index contributed by atoms with van der Waals surface area (Å²) in [5, 5.41) is 0. The summed E-state index contributed by atoms with van der Waals surface area (Å²) in [6, 6.07) is 3.51. The van der Waals surface area contributed by atoms with Gasteiger partial charge in [-0.3, -0.25) is 9.59 Å². The number of hydrogen-bond donors (Lipinski definition) is 1. The Morgan fingerprint density at radius 3 is 2.71 bits per heavy atom. The van der Waals surface area contributed by atoms with Gasteiger partial charge in [-0.05, 0) is 31.4 Å². The summed E-state index contributed by atoms with van der Waals surface area (Å²) in [6.07, 6.45) is 4.64. The minimum atomic E-state index is -0.360. The highest BCUT2D eigenvalue weighted by atomic mass is 16.2. The van der Waals surface area contributed by atoms with E-state index >= 15 is 0 Å². The van der Waals surface area contributed by atoms with Gasteiger partial charge in [0.1, 0.15) is 5.82 Å². The Bertz CT molecular complexity index is 513. The lowest BCUT2D eigenvalue weighted by molar-refractivity contribution is -0.119. The Balaban J connectivity index is 2.14. The first kappa shape index (κ1) is 15.3. The Kier molecular flexibility index (Phi) is 4.77. The number of rotatable bonds is 4. The summed E-state index contributed by atoms with van der Waals surface area (Å²) in [6.45, 7) is 0.673. The number of primary amides is 1. The van der Waals surface area contributed by atoms with Gasteiger partial charge < -0.3 is 15.5 Å². The van der Waals surface area contributed by atoms with E-state index in [9.17, 15) is 9.59 Å². The molecule has 1 saturated heterocycles. The second kappa shape index (κ2) is 6.56. The van der Waals surface area contributed by atoms with Gasteiger partial charge in [0.15, 0.2) is 0 Å². The fourth-order valence-corrected chi connectivity index (χ4v) is 2.66. The molecule has 0 unspecified atom stereocenters. The van der Waals surface area contributed by atoms with Crippen molar-refractivity contribution < 1.29 is 9.59 Å². The molecule has 1 aromatic heterocycles. The zero-order chi connectivity index (χ0) is 15.4. The van der Waals surface area contributed by atoms with Gasteiger partial charge in [0, 0.05) is 39.3 Å². The Morgan fingerprint density at radius 1 is 1.38 bits per heavy atom. The topological polar surface area (TPSA) is 79.5 Å². The number of carbonyl (C=O) groups excluding carboxylic acids is 2. The number of likely N-dealkylation sites (tertiary alicyclic amines) is 1. The third-order valence-electron chi connectivity index (χ3n) is 3.78. The zero-order valence-electron chi connectivity index (χ0n) is 12.6. The number of pyridine rings is 1. The van der Waals surface area contributed by atoms with Gasteiger partial charge in [0.25, 0.3) is 5.91 Å². The lowest BCUT2D eigenvalue weighted by Gasteiger charge is -2.35. The normalized spacial score (nSPS) is 18.4. The summed E-state index contributed by atoms with van der Waals surface area (Å²) in [5.74, 6) is 0.374. The number of nitrogens with zero attached hydrogens (tertiary/aromatic N) is 3. The monoisotopic (exact) mass is 290 g/mol. The number of hydrogen-bond acceptors (Lipinski definition) is 4. The van der Waals surface area contributed by atoms with Crippen molar-refractivity contribution in [3.8, 4) is 0 Å². The van der Waals surface area contributed by atoms with Crippen LogP contribution in [0.15, 0.2) is 18.3 Å². The summed E-state index contributed by atoms with van der Waals surface area (Å²) >= 11 is 0. The maximum atomic E-state index is 12.6. The third-order valence-corrected chi connectivity index (χ3v) is 3.78. The predicted molar refractivity (Wildman–Crippen MR) is 81.1 cm³/mol. The first-order chi connectivity index (χ1) is 9.99. The standard InChI is InChI=1S/C15H22N4O2/c1-18(2)14-7-6-11(10-17-14)15(21)19-8-4-3-5-12(19)9-13(16)20/h6-7,10,12H,3-5,8-9H2,1-2H3,(H2,16,20)/t12-/m1/s1. The van der Waals surface area contributed by atoms with Crippen molar-refractivity contribution in [1.82, 2.24) is 9.88 Å². The summed E-state index contributed by atoms with van der Waals surface area (Å²) in [4.78, 5) is 31.7. The molecule has 0 aliphatic carbocycles. The maximum absolute atomic E-state index is 12.6. The van der Waals surface area contributed by atoms with E-state index in [1.807, 2.05) is 25.1 Å². The summed E-state index contributed by atoms with van der Waals surface area (Å²) < 4.78 is 0. The van der Waals surface area contributed by atoms with Crippen LogP contribution in [-0.2, 0) is 4.79 Å². The van der Waals surface area contributed by atoms with Crippen molar-refractivity contribution in [2.24, 2.45) is 5.73 Å². The lowest BCUT2D eigenvalue weighted by atomic mass is 9.98. The Labute approximate surface area is 124 Å². The van der Waals surface area contributed by atoms with E-state index in [-0.39, 0.29) is 24.3 Å². The van der Waals surface area contributed by atoms with E-state index in [0.29, 0.717) is 12.1 Å². The van der Waals surface area contributed by atoms with Gasteiger partial charge in [-0.25, -0.2) is 4.98 Å². The second-order valence-corrected chi connectivity index (χ2v) is 5.62. The molecule has 21 heavy (non-hydrogen) atoms. The molecule has 6 nitrogen and oxygen atoms in total. The van der Waals surface area contributed by atoms with Gasteiger partial charge in [-0.2, -0.15) is 0 Å². The average molecular weight is 290 g/mol. The largest absolute Gasteiger partial charge is 0.370 e. The molecule has 0 aromatic carbocycles. The van der Waals surface area contributed by atoms with E-state index < -0.39 is 0 Å². The van der Waals surface area contributed by atoms with Crippen molar-refractivity contribution in [3.05, 3.63) is 23.9 Å². The quantitative estimate of drug-likeness (QED) is 0.897. The van der Waals surface area contributed by atoms with Crippen LogP contribution < -0.4 is 10.6 Å². The van der Waals surface area contributed by atoms with Crippen LogP contribution in [0.1, 0.15) is 36.0 Å².